The number of ether oxygens (including phenoxy) is 2. The van der Waals surface area contributed by atoms with Crippen LogP contribution in [0.5, 0.6) is 11.5 Å². The predicted octanol–water partition coefficient (Wildman–Crippen LogP) is 3.51. The normalized spacial score (nSPS) is 10.5. The van der Waals surface area contributed by atoms with Crippen molar-refractivity contribution in [3.05, 3.63) is 59.5 Å². The molecule has 0 saturated carbocycles. The minimum Gasteiger partial charge on any atom is -0.496 e. The predicted molar refractivity (Wildman–Crippen MR) is 82.5 cm³/mol. The molecule has 2 heterocycles. The van der Waals surface area contributed by atoms with Crippen LogP contribution in [0.2, 0.25) is 5.02 Å². The summed E-state index contributed by atoms with van der Waals surface area (Å²) in [5.74, 6) is 0.210. The zero-order chi connectivity index (χ0) is 15.5. The maximum atomic E-state index is 12.2. The van der Waals surface area contributed by atoms with Crippen molar-refractivity contribution in [2.75, 3.05) is 7.11 Å². The van der Waals surface area contributed by atoms with E-state index in [1.807, 2.05) is 18.2 Å². The molecule has 0 aliphatic heterocycles. The molecule has 1 aromatic carbocycles. The van der Waals surface area contributed by atoms with Crippen LogP contribution in [0.25, 0.3) is 10.9 Å². The van der Waals surface area contributed by atoms with Crippen LogP contribution in [0.15, 0.2) is 48.8 Å². The number of aromatic nitrogens is 2. The lowest BCUT2D eigenvalue weighted by Gasteiger charge is -2.08. The number of carbonyl (C=O) groups excluding carboxylic acids is 1. The van der Waals surface area contributed by atoms with Crippen molar-refractivity contribution < 1.29 is 14.3 Å². The molecule has 0 atom stereocenters. The average Bonchev–Trinajstić information content (AvgIpc) is 2.53. The number of rotatable bonds is 3. The molecule has 6 heteroatoms. The molecule has 0 spiro atoms. The van der Waals surface area contributed by atoms with E-state index in [4.69, 9.17) is 21.1 Å². The van der Waals surface area contributed by atoms with E-state index in [-0.39, 0.29) is 11.4 Å². The Hall–Kier alpha value is -2.66. The Kier molecular flexibility index (Phi) is 3.89. The SMILES string of the molecule is COc1cc(C(=O)Oc2cncc(Cl)c2)nc2ccccc12. The zero-order valence-electron chi connectivity index (χ0n) is 11.6. The van der Waals surface area contributed by atoms with E-state index in [0.717, 1.165) is 5.39 Å². The number of halogens is 1. The van der Waals surface area contributed by atoms with Crippen molar-refractivity contribution in [3.63, 3.8) is 0 Å². The molecule has 0 unspecified atom stereocenters. The maximum Gasteiger partial charge on any atom is 0.362 e. The first-order valence-electron chi connectivity index (χ1n) is 6.44. The molecule has 0 N–H and O–H groups in total. The number of hydrogen-bond acceptors (Lipinski definition) is 5. The fourth-order valence-electron chi connectivity index (χ4n) is 2.02. The van der Waals surface area contributed by atoms with Gasteiger partial charge in [0.05, 0.1) is 23.8 Å². The van der Waals surface area contributed by atoms with Crippen LogP contribution in [0.1, 0.15) is 10.5 Å². The number of pyridine rings is 2. The number of para-hydroxylation sites is 1. The summed E-state index contributed by atoms with van der Waals surface area (Å²) in [7, 11) is 1.54. The average molecular weight is 315 g/mol. The van der Waals surface area contributed by atoms with Crippen LogP contribution in [0, 0.1) is 0 Å². The lowest BCUT2D eigenvalue weighted by atomic mass is 10.2. The monoisotopic (exact) mass is 314 g/mol. The second-order valence-electron chi connectivity index (χ2n) is 4.46. The first-order valence-corrected chi connectivity index (χ1v) is 6.81. The summed E-state index contributed by atoms with van der Waals surface area (Å²) >= 11 is 5.81. The Morgan fingerprint density at radius 3 is 2.77 bits per heavy atom. The lowest BCUT2D eigenvalue weighted by molar-refractivity contribution is 0.0728. The Bertz CT molecular complexity index is 852. The topological polar surface area (TPSA) is 61.3 Å². The summed E-state index contributed by atoms with van der Waals surface area (Å²) in [5, 5.41) is 1.21. The second-order valence-corrected chi connectivity index (χ2v) is 4.89. The Labute approximate surface area is 131 Å². The van der Waals surface area contributed by atoms with Gasteiger partial charge in [-0.3, -0.25) is 4.98 Å². The summed E-state index contributed by atoms with van der Waals surface area (Å²) in [6.07, 6.45) is 2.86. The van der Waals surface area contributed by atoms with Gasteiger partial charge in [0.15, 0.2) is 11.4 Å². The van der Waals surface area contributed by atoms with Gasteiger partial charge in [0.1, 0.15) is 5.75 Å². The first-order chi connectivity index (χ1) is 10.7. The molecule has 3 aromatic rings. The second kappa shape index (κ2) is 5.99. The number of hydrogen-bond donors (Lipinski definition) is 0. The molecule has 0 radical (unpaired) electrons. The quantitative estimate of drug-likeness (QED) is 0.692. The Morgan fingerprint density at radius 1 is 1.18 bits per heavy atom. The van der Waals surface area contributed by atoms with Gasteiger partial charge in [-0.1, -0.05) is 23.7 Å². The lowest BCUT2D eigenvalue weighted by Crippen LogP contribution is -2.11. The summed E-state index contributed by atoms with van der Waals surface area (Å²) in [6, 6.07) is 10.4. The van der Waals surface area contributed by atoms with E-state index >= 15 is 0 Å². The van der Waals surface area contributed by atoms with Gasteiger partial charge < -0.3 is 9.47 Å². The zero-order valence-corrected chi connectivity index (χ0v) is 12.4. The minimum absolute atomic E-state index is 0.149. The molecular weight excluding hydrogens is 304 g/mol. The van der Waals surface area contributed by atoms with Gasteiger partial charge >= 0.3 is 5.97 Å². The summed E-state index contributed by atoms with van der Waals surface area (Å²) in [4.78, 5) is 20.4. The van der Waals surface area contributed by atoms with E-state index in [1.54, 1.807) is 12.1 Å². The van der Waals surface area contributed by atoms with Crippen molar-refractivity contribution >= 4 is 28.5 Å². The number of carbonyl (C=O) groups is 1. The Balaban J connectivity index is 1.97. The van der Waals surface area contributed by atoms with Crippen LogP contribution in [0.3, 0.4) is 0 Å². The molecule has 0 fully saturated rings. The van der Waals surface area contributed by atoms with E-state index in [1.165, 1.54) is 25.6 Å². The highest BCUT2D eigenvalue weighted by molar-refractivity contribution is 6.30. The fraction of sp³-hybridized carbons (Fsp3) is 0.0625. The molecule has 0 bridgehead atoms. The molecule has 0 aliphatic carbocycles. The molecule has 22 heavy (non-hydrogen) atoms. The molecule has 0 amide bonds. The number of esters is 1. The van der Waals surface area contributed by atoms with E-state index in [9.17, 15) is 4.79 Å². The highest BCUT2D eigenvalue weighted by Crippen LogP contribution is 2.25. The van der Waals surface area contributed by atoms with E-state index < -0.39 is 5.97 Å². The highest BCUT2D eigenvalue weighted by atomic mass is 35.5. The smallest absolute Gasteiger partial charge is 0.362 e. The standard InChI is InChI=1S/C16H11ClN2O3/c1-21-15-7-14(19-13-5-3-2-4-12(13)15)16(20)22-11-6-10(17)8-18-9-11/h2-9H,1H3. The van der Waals surface area contributed by atoms with Gasteiger partial charge in [-0.2, -0.15) is 0 Å². The van der Waals surface area contributed by atoms with Gasteiger partial charge in [0, 0.05) is 23.7 Å². The molecule has 0 saturated heterocycles. The third-order valence-corrected chi connectivity index (χ3v) is 3.20. The first kappa shape index (κ1) is 14.3. The van der Waals surface area contributed by atoms with Crippen molar-refractivity contribution in [2.45, 2.75) is 0 Å². The highest BCUT2D eigenvalue weighted by Gasteiger charge is 2.15. The summed E-state index contributed by atoms with van der Waals surface area (Å²) < 4.78 is 10.5. The third-order valence-electron chi connectivity index (χ3n) is 3.00. The van der Waals surface area contributed by atoms with Crippen molar-refractivity contribution in [1.29, 1.82) is 0 Å². The maximum absolute atomic E-state index is 12.2. The molecule has 5 nitrogen and oxygen atoms in total. The van der Waals surface area contributed by atoms with Crippen molar-refractivity contribution in [1.82, 2.24) is 9.97 Å². The number of nitrogens with zero attached hydrogens (tertiary/aromatic N) is 2. The van der Waals surface area contributed by atoms with Gasteiger partial charge in [-0.05, 0) is 12.1 Å². The summed E-state index contributed by atoms with van der Waals surface area (Å²) in [6.45, 7) is 0. The summed E-state index contributed by atoms with van der Waals surface area (Å²) in [5.41, 5.74) is 0.800. The van der Waals surface area contributed by atoms with Crippen LogP contribution >= 0.6 is 11.6 Å². The third kappa shape index (κ3) is 2.84. The Morgan fingerprint density at radius 2 is 2.00 bits per heavy atom. The number of methoxy groups -OCH3 is 1. The largest absolute Gasteiger partial charge is 0.496 e. The van der Waals surface area contributed by atoms with Crippen LogP contribution in [-0.4, -0.2) is 23.0 Å². The van der Waals surface area contributed by atoms with Crippen molar-refractivity contribution in [3.8, 4) is 11.5 Å². The van der Waals surface area contributed by atoms with Gasteiger partial charge in [0.25, 0.3) is 0 Å². The van der Waals surface area contributed by atoms with Gasteiger partial charge in [-0.15, -0.1) is 0 Å². The van der Waals surface area contributed by atoms with Gasteiger partial charge in [-0.25, -0.2) is 9.78 Å². The molecule has 3 rings (SSSR count). The number of benzene rings is 1. The fourth-order valence-corrected chi connectivity index (χ4v) is 2.19. The molecule has 0 aliphatic rings. The molecular formula is C16H11ClN2O3. The van der Waals surface area contributed by atoms with Gasteiger partial charge in [0.2, 0.25) is 0 Å². The van der Waals surface area contributed by atoms with E-state index in [2.05, 4.69) is 9.97 Å². The van der Waals surface area contributed by atoms with Crippen molar-refractivity contribution in [2.24, 2.45) is 0 Å². The molecule has 110 valence electrons. The van der Waals surface area contributed by atoms with Crippen LogP contribution in [0.4, 0.5) is 0 Å². The minimum atomic E-state index is -0.604. The molecule has 2 aromatic heterocycles. The van der Waals surface area contributed by atoms with Crippen LogP contribution in [-0.2, 0) is 0 Å². The van der Waals surface area contributed by atoms with Crippen LogP contribution < -0.4 is 9.47 Å². The number of fused-ring (bicyclic) bond motifs is 1. The van der Waals surface area contributed by atoms with E-state index in [0.29, 0.717) is 16.3 Å².